The van der Waals surface area contributed by atoms with Gasteiger partial charge in [0.05, 0.1) is 35.5 Å². The first-order chi connectivity index (χ1) is 14.0. The zero-order valence-electron chi connectivity index (χ0n) is 16.1. The molecule has 8 nitrogen and oxygen atoms in total. The molecule has 148 valence electrons. The highest BCUT2D eigenvalue weighted by Crippen LogP contribution is 2.41. The van der Waals surface area contributed by atoms with Crippen LogP contribution in [0.25, 0.3) is 10.9 Å². The van der Waals surface area contributed by atoms with Crippen LogP contribution in [-0.2, 0) is 11.3 Å². The van der Waals surface area contributed by atoms with Gasteiger partial charge in [0.2, 0.25) is 0 Å². The Morgan fingerprint density at radius 1 is 1.28 bits per heavy atom. The van der Waals surface area contributed by atoms with E-state index in [-0.39, 0.29) is 11.7 Å². The number of ether oxygens (including phenoxy) is 1. The van der Waals surface area contributed by atoms with Crippen LogP contribution in [0.3, 0.4) is 0 Å². The maximum Gasteiger partial charge on any atom is 0.339 e. The number of nitro benzene ring substituents is 1. The number of carbonyl (C=O) groups excluding carboxylic acids is 1. The Hall–Kier alpha value is -3.55. The first kappa shape index (κ1) is 18.8. The van der Waals surface area contributed by atoms with Crippen molar-refractivity contribution in [2.45, 2.75) is 32.2 Å². The van der Waals surface area contributed by atoms with Gasteiger partial charge in [0.15, 0.2) is 5.52 Å². The number of hydrogen-bond acceptors (Lipinski definition) is 7. The van der Waals surface area contributed by atoms with Crippen molar-refractivity contribution in [3.8, 4) is 0 Å². The number of non-ortho nitro benzene ring substituents is 1. The lowest BCUT2D eigenvalue weighted by atomic mass is 10.1. The summed E-state index contributed by atoms with van der Waals surface area (Å²) < 4.78 is 4.86. The van der Waals surface area contributed by atoms with E-state index < -0.39 is 4.92 Å². The minimum atomic E-state index is -0.423. The van der Waals surface area contributed by atoms with Gasteiger partial charge in [-0.2, -0.15) is 0 Å². The fourth-order valence-corrected chi connectivity index (χ4v) is 3.41. The molecule has 2 aromatic heterocycles. The summed E-state index contributed by atoms with van der Waals surface area (Å²) in [6.45, 7) is 2.22. The van der Waals surface area contributed by atoms with Crippen molar-refractivity contribution < 1.29 is 14.5 Å². The standard InChI is InChI=1S/C21H20N4O4/c1-12-10-17(15-4-3-5-18(25(27)28)20(15)23-12)22-11-14-8-9-16(21(26)29-2)19(24-14)13-6-7-13/h3-5,8-10,13H,6-7,11H2,1-2H3,(H,22,23). The highest BCUT2D eigenvalue weighted by molar-refractivity contribution is 5.96. The van der Waals surface area contributed by atoms with Crippen molar-refractivity contribution in [2.24, 2.45) is 0 Å². The van der Waals surface area contributed by atoms with Gasteiger partial charge in [-0.15, -0.1) is 0 Å². The second-order valence-electron chi connectivity index (χ2n) is 7.10. The Bertz CT molecular complexity index is 1130. The minimum absolute atomic E-state index is 0.0224. The summed E-state index contributed by atoms with van der Waals surface area (Å²) in [4.78, 5) is 31.9. The summed E-state index contributed by atoms with van der Waals surface area (Å²) in [5.41, 5.74) is 3.85. The number of carbonyl (C=O) groups is 1. The SMILES string of the molecule is COC(=O)c1ccc(CNc2cc(C)nc3c([N+](=O)[O-])cccc23)nc1C1CC1. The molecular formula is C21H20N4O4. The number of esters is 1. The van der Waals surface area contributed by atoms with Crippen LogP contribution >= 0.6 is 0 Å². The zero-order valence-corrected chi connectivity index (χ0v) is 16.1. The van der Waals surface area contributed by atoms with Crippen molar-refractivity contribution in [1.82, 2.24) is 9.97 Å². The molecule has 1 saturated carbocycles. The van der Waals surface area contributed by atoms with E-state index in [1.807, 2.05) is 6.07 Å². The quantitative estimate of drug-likeness (QED) is 0.382. The number of nitro groups is 1. The lowest BCUT2D eigenvalue weighted by Gasteiger charge is -2.12. The molecule has 0 bridgehead atoms. The van der Waals surface area contributed by atoms with Crippen molar-refractivity contribution >= 4 is 28.2 Å². The fourth-order valence-electron chi connectivity index (χ4n) is 3.41. The number of aromatic nitrogens is 2. The van der Waals surface area contributed by atoms with Crippen LogP contribution in [-0.4, -0.2) is 28.0 Å². The summed E-state index contributed by atoms with van der Waals surface area (Å²) in [6.07, 6.45) is 2.04. The number of aryl methyl sites for hydroxylation is 1. The topological polar surface area (TPSA) is 107 Å². The van der Waals surface area contributed by atoms with Crippen LogP contribution in [0.5, 0.6) is 0 Å². The summed E-state index contributed by atoms with van der Waals surface area (Å²) >= 11 is 0. The molecule has 1 fully saturated rings. The maximum absolute atomic E-state index is 12.0. The lowest BCUT2D eigenvalue weighted by Crippen LogP contribution is -2.10. The Morgan fingerprint density at radius 2 is 2.07 bits per heavy atom. The summed E-state index contributed by atoms with van der Waals surface area (Å²) in [5.74, 6) is -0.0716. The number of methoxy groups -OCH3 is 1. The smallest absolute Gasteiger partial charge is 0.339 e. The van der Waals surface area contributed by atoms with Crippen molar-refractivity contribution in [3.63, 3.8) is 0 Å². The molecule has 0 saturated heterocycles. The number of nitrogens with one attached hydrogen (secondary N) is 1. The summed E-state index contributed by atoms with van der Waals surface area (Å²) in [6, 6.07) is 10.3. The van der Waals surface area contributed by atoms with Crippen LogP contribution in [0.4, 0.5) is 11.4 Å². The van der Waals surface area contributed by atoms with Crippen LogP contribution < -0.4 is 5.32 Å². The molecule has 0 spiro atoms. The summed E-state index contributed by atoms with van der Waals surface area (Å²) in [5, 5.41) is 15.3. The van der Waals surface area contributed by atoms with Gasteiger partial charge in [-0.1, -0.05) is 12.1 Å². The molecule has 1 aromatic carbocycles. The van der Waals surface area contributed by atoms with Crippen LogP contribution in [0.1, 0.15) is 46.2 Å². The van der Waals surface area contributed by atoms with Crippen molar-refractivity contribution in [3.05, 3.63) is 69.2 Å². The Morgan fingerprint density at radius 3 is 2.76 bits per heavy atom. The van der Waals surface area contributed by atoms with E-state index in [2.05, 4.69) is 15.3 Å². The highest BCUT2D eigenvalue weighted by Gasteiger charge is 2.30. The molecule has 8 heteroatoms. The molecule has 0 unspecified atom stereocenters. The number of rotatable bonds is 6. The molecule has 1 N–H and O–H groups in total. The average Bonchev–Trinajstić information content (AvgIpc) is 3.56. The number of pyridine rings is 2. The third kappa shape index (κ3) is 3.73. The number of fused-ring (bicyclic) bond motifs is 1. The zero-order chi connectivity index (χ0) is 20.5. The number of anilines is 1. The molecule has 4 rings (SSSR count). The van der Waals surface area contributed by atoms with Gasteiger partial charge < -0.3 is 10.1 Å². The van der Waals surface area contributed by atoms with E-state index in [0.29, 0.717) is 34.6 Å². The third-order valence-corrected chi connectivity index (χ3v) is 4.95. The maximum atomic E-state index is 12.0. The lowest BCUT2D eigenvalue weighted by molar-refractivity contribution is -0.383. The Balaban J connectivity index is 1.65. The third-order valence-electron chi connectivity index (χ3n) is 4.95. The van der Waals surface area contributed by atoms with Gasteiger partial charge in [0.1, 0.15) is 0 Å². The van der Waals surface area contributed by atoms with Gasteiger partial charge in [-0.25, -0.2) is 9.78 Å². The normalized spacial score (nSPS) is 13.3. The van der Waals surface area contributed by atoms with E-state index in [1.165, 1.54) is 13.2 Å². The molecule has 3 aromatic rings. The van der Waals surface area contributed by atoms with E-state index in [1.54, 1.807) is 31.2 Å². The second-order valence-corrected chi connectivity index (χ2v) is 7.10. The number of para-hydroxylation sites is 1. The molecule has 1 aliphatic rings. The van der Waals surface area contributed by atoms with E-state index in [9.17, 15) is 14.9 Å². The first-order valence-electron chi connectivity index (χ1n) is 9.34. The number of hydrogen-bond donors (Lipinski definition) is 1. The first-order valence-corrected chi connectivity index (χ1v) is 9.34. The largest absolute Gasteiger partial charge is 0.465 e. The summed E-state index contributed by atoms with van der Waals surface area (Å²) in [7, 11) is 1.37. The number of nitrogens with zero attached hydrogens (tertiary/aromatic N) is 3. The molecule has 2 heterocycles. The van der Waals surface area contributed by atoms with E-state index in [4.69, 9.17) is 4.74 Å². The van der Waals surface area contributed by atoms with Gasteiger partial charge in [-0.3, -0.25) is 15.1 Å². The van der Waals surface area contributed by atoms with Crippen molar-refractivity contribution in [2.75, 3.05) is 12.4 Å². The van der Waals surface area contributed by atoms with Gasteiger partial charge >= 0.3 is 5.97 Å². The molecule has 29 heavy (non-hydrogen) atoms. The van der Waals surface area contributed by atoms with Gasteiger partial charge in [0.25, 0.3) is 5.69 Å². The second kappa shape index (κ2) is 7.46. The number of benzene rings is 1. The molecule has 1 aliphatic carbocycles. The monoisotopic (exact) mass is 392 g/mol. The van der Waals surface area contributed by atoms with Crippen LogP contribution in [0.15, 0.2) is 36.4 Å². The van der Waals surface area contributed by atoms with Gasteiger partial charge in [0, 0.05) is 28.8 Å². The predicted octanol–water partition coefficient (Wildman–Crippen LogP) is 4.12. The van der Waals surface area contributed by atoms with Crippen LogP contribution in [0, 0.1) is 17.0 Å². The highest BCUT2D eigenvalue weighted by atomic mass is 16.6. The average molecular weight is 392 g/mol. The van der Waals surface area contributed by atoms with Crippen molar-refractivity contribution in [1.29, 1.82) is 0 Å². The van der Waals surface area contributed by atoms with Gasteiger partial charge in [-0.05, 0) is 38.0 Å². The Labute approximate surface area is 167 Å². The molecule has 0 atom stereocenters. The van der Waals surface area contributed by atoms with Crippen LogP contribution in [0.2, 0.25) is 0 Å². The fraction of sp³-hybridized carbons (Fsp3) is 0.286. The molecule has 0 aliphatic heterocycles. The Kier molecular flexibility index (Phi) is 4.84. The molecule has 0 radical (unpaired) electrons. The minimum Gasteiger partial charge on any atom is -0.465 e. The van der Waals surface area contributed by atoms with E-state index in [0.717, 1.165) is 29.9 Å². The molecular weight excluding hydrogens is 372 g/mol. The predicted molar refractivity (Wildman–Crippen MR) is 108 cm³/mol. The molecule has 0 amide bonds. The van der Waals surface area contributed by atoms with E-state index >= 15 is 0 Å².